The molecule has 20 heavy (non-hydrogen) atoms. The summed E-state index contributed by atoms with van der Waals surface area (Å²) in [5, 5.41) is 6.72. The van der Waals surface area contributed by atoms with E-state index in [1.165, 1.54) is 18.5 Å². The number of rotatable bonds is 4. The summed E-state index contributed by atoms with van der Waals surface area (Å²) in [6, 6.07) is 3.61. The van der Waals surface area contributed by atoms with Gasteiger partial charge in [-0.05, 0) is 25.1 Å². The fourth-order valence-corrected chi connectivity index (χ4v) is 1.94. The van der Waals surface area contributed by atoms with E-state index in [2.05, 4.69) is 15.4 Å². The summed E-state index contributed by atoms with van der Waals surface area (Å²) < 4.78 is 40.3. The molecule has 0 aliphatic carbocycles. The van der Waals surface area contributed by atoms with Crippen LogP contribution in [0.5, 0.6) is 0 Å². The lowest BCUT2D eigenvalue weighted by Gasteiger charge is -2.14. The Bertz CT molecular complexity index is 595. The van der Waals surface area contributed by atoms with E-state index in [1.54, 1.807) is 4.68 Å². The summed E-state index contributed by atoms with van der Waals surface area (Å²) in [6.45, 7) is 2.63. The highest BCUT2D eigenvalue weighted by atomic mass is 35.5. The number of anilines is 1. The van der Waals surface area contributed by atoms with Gasteiger partial charge in [-0.25, -0.2) is 9.67 Å². The van der Waals surface area contributed by atoms with Gasteiger partial charge in [0.25, 0.3) is 0 Å². The maximum atomic E-state index is 12.9. The molecular formula is C12H12ClF3N4. The molecule has 0 saturated heterocycles. The minimum absolute atomic E-state index is 0.0347. The maximum Gasteiger partial charge on any atom is 0.418 e. The van der Waals surface area contributed by atoms with E-state index in [1.807, 2.05) is 6.92 Å². The van der Waals surface area contributed by atoms with Crippen molar-refractivity contribution in [3.05, 3.63) is 40.9 Å². The minimum atomic E-state index is -4.47. The first kappa shape index (κ1) is 14.6. The van der Waals surface area contributed by atoms with Gasteiger partial charge < -0.3 is 5.32 Å². The highest BCUT2D eigenvalue weighted by Crippen LogP contribution is 2.36. The Kier molecular flexibility index (Phi) is 4.17. The number of hydrogen-bond acceptors (Lipinski definition) is 3. The quantitative estimate of drug-likeness (QED) is 0.939. The molecule has 0 unspecified atom stereocenters. The highest BCUT2D eigenvalue weighted by Gasteiger charge is 2.33. The fraction of sp³-hybridized carbons (Fsp3) is 0.333. The topological polar surface area (TPSA) is 42.7 Å². The van der Waals surface area contributed by atoms with E-state index >= 15 is 0 Å². The molecule has 0 bridgehead atoms. The largest absolute Gasteiger partial charge is 0.418 e. The van der Waals surface area contributed by atoms with Crippen LogP contribution in [-0.4, -0.2) is 14.8 Å². The first-order valence-electron chi connectivity index (χ1n) is 5.89. The van der Waals surface area contributed by atoms with Crippen molar-refractivity contribution in [2.45, 2.75) is 26.2 Å². The van der Waals surface area contributed by atoms with Crippen molar-refractivity contribution in [1.82, 2.24) is 14.8 Å². The normalized spacial score (nSPS) is 11.7. The Labute approximate surface area is 118 Å². The third-order valence-corrected chi connectivity index (χ3v) is 2.95. The standard InChI is InChI=1S/C12H12ClF3N4/c1-2-20-11(18-7-19-20)6-17-10-4-3-8(13)5-9(10)12(14,15)16/h3-5,7,17H,2,6H2,1H3. The van der Waals surface area contributed by atoms with Crippen LogP contribution in [0.25, 0.3) is 0 Å². The number of nitrogens with zero attached hydrogens (tertiary/aromatic N) is 3. The van der Waals surface area contributed by atoms with Gasteiger partial charge in [0, 0.05) is 17.3 Å². The van der Waals surface area contributed by atoms with E-state index in [0.717, 1.165) is 6.07 Å². The summed E-state index contributed by atoms with van der Waals surface area (Å²) in [5.74, 6) is 0.565. The fourth-order valence-electron chi connectivity index (χ4n) is 1.77. The monoisotopic (exact) mass is 304 g/mol. The summed E-state index contributed by atoms with van der Waals surface area (Å²) in [4.78, 5) is 3.99. The van der Waals surface area contributed by atoms with E-state index in [4.69, 9.17) is 11.6 Å². The van der Waals surface area contributed by atoms with Gasteiger partial charge in [-0.2, -0.15) is 18.3 Å². The van der Waals surface area contributed by atoms with Crippen LogP contribution in [0.4, 0.5) is 18.9 Å². The number of hydrogen-bond donors (Lipinski definition) is 1. The molecule has 0 radical (unpaired) electrons. The van der Waals surface area contributed by atoms with Crippen molar-refractivity contribution in [3.63, 3.8) is 0 Å². The Morgan fingerprint density at radius 2 is 2.10 bits per heavy atom. The molecule has 8 heteroatoms. The molecule has 0 fully saturated rings. The molecule has 1 N–H and O–H groups in total. The average molecular weight is 305 g/mol. The van der Waals surface area contributed by atoms with E-state index < -0.39 is 11.7 Å². The van der Waals surface area contributed by atoms with E-state index in [-0.39, 0.29) is 17.3 Å². The van der Waals surface area contributed by atoms with Crippen LogP contribution in [-0.2, 0) is 19.3 Å². The smallest absolute Gasteiger partial charge is 0.377 e. The number of benzene rings is 1. The second-order valence-electron chi connectivity index (χ2n) is 4.03. The molecule has 0 atom stereocenters. The first-order chi connectivity index (χ1) is 9.41. The Morgan fingerprint density at radius 3 is 2.75 bits per heavy atom. The van der Waals surface area contributed by atoms with E-state index in [0.29, 0.717) is 12.4 Å². The van der Waals surface area contributed by atoms with Crippen molar-refractivity contribution in [3.8, 4) is 0 Å². The lowest BCUT2D eigenvalue weighted by molar-refractivity contribution is -0.136. The van der Waals surface area contributed by atoms with Gasteiger partial charge in [0.1, 0.15) is 12.2 Å². The highest BCUT2D eigenvalue weighted by molar-refractivity contribution is 6.30. The third-order valence-electron chi connectivity index (χ3n) is 2.72. The van der Waals surface area contributed by atoms with Crippen LogP contribution in [0.3, 0.4) is 0 Å². The van der Waals surface area contributed by atoms with Gasteiger partial charge in [0.05, 0.1) is 12.1 Å². The van der Waals surface area contributed by atoms with Crippen molar-refractivity contribution in [1.29, 1.82) is 0 Å². The van der Waals surface area contributed by atoms with Crippen molar-refractivity contribution >= 4 is 17.3 Å². The van der Waals surface area contributed by atoms with Crippen molar-refractivity contribution in [2.75, 3.05) is 5.32 Å². The summed E-state index contributed by atoms with van der Waals surface area (Å²) in [5.41, 5.74) is -0.833. The molecule has 0 aliphatic rings. The lowest BCUT2D eigenvalue weighted by atomic mass is 10.1. The summed E-state index contributed by atoms with van der Waals surface area (Å²) in [6.07, 6.45) is -3.10. The predicted molar refractivity (Wildman–Crippen MR) is 69.5 cm³/mol. The lowest BCUT2D eigenvalue weighted by Crippen LogP contribution is -2.13. The molecule has 2 rings (SSSR count). The van der Waals surface area contributed by atoms with Crippen molar-refractivity contribution < 1.29 is 13.2 Å². The van der Waals surface area contributed by atoms with Crippen LogP contribution in [0.1, 0.15) is 18.3 Å². The van der Waals surface area contributed by atoms with Crippen molar-refractivity contribution in [2.24, 2.45) is 0 Å². The predicted octanol–water partition coefficient (Wildman–Crippen LogP) is 3.58. The average Bonchev–Trinajstić information content (AvgIpc) is 2.83. The van der Waals surface area contributed by atoms with Crippen LogP contribution >= 0.6 is 11.6 Å². The SMILES string of the molecule is CCn1ncnc1CNc1ccc(Cl)cc1C(F)(F)F. The Hall–Kier alpha value is -1.76. The molecule has 0 aliphatic heterocycles. The summed E-state index contributed by atoms with van der Waals surface area (Å²) in [7, 11) is 0. The van der Waals surface area contributed by atoms with Crippen LogP contribution in [0.15, 0.2) is 24.5 Å². The second-order valence-corrected chi connectivity index (χ2v) is 4.47. The first-order valence-corrected chi connectivity index (χ1v) is 6.27. The maximum absolute atomic E-state index is 12.9. The van der Waals surface area contributed by atoms with Gasteiger partial charge in [0.2, 0.25) is 0 Å². The van der Waals surface area contributed by atoms with Gasteiger partial charge in [-0.1, -0.05) is 11.6 Å². The molecule has 1 aromatic carbocycles. The van der Waals surface area contributed by atoms with Gasteiger partial charge in [0.15, 0.2) is 0 Å². The number of alkyl halides is 3. The van der Waals surface area contributed by atoms with Gasteiger partial charge in [-0.15, -0.1) is 0 Å². The molecular weight excluding hydrogens is 293 g/mol. The van der Waals surface area contributed by atoms with Crippen LogP contribution in [0, 0.1) is 0 Å². The van der Waals surface area contributed by atoms with Gasteiger partial charge in [-0.3, -0.25) is 0 Å². The molecule has 2 aromatic rings. The summed E-state index contributed by atoms with van der Waals surface area (Å²) >= 11 is 5.62. The Morgan fingerprint density at radius 1 is 1.35 bits per heavy atom. The Balaban J connectivity index is 2.22. The number of nitrogens with one attached hydrogen (secondary N) is 1. The minimum Gasteiger partial charge on any atom is -0.377 e. The number of aryl methyl sites for hydroxylation is 1. The molecule has 0 amide bonds. The molecule has 0 saturated carbocycles. The zero-order valence-electron chi connectivity index (χ0n) is 10.6. The van der Waals surface area contributed by atoms with Crippen LogP contribution < -0.4 is 5.32 Å². The molecule has 1 aromatic heterocycles. The molecule has 108 valence electrons. The third kappa shape index (κ3) is 3.22. The van der Waals surface area contributed by atoms with Crippen LogP contribution in [0.2, 0.25) is 5.02 Å². The number of aromatic nitrogens is 3. The second kappa shape index (κ2) is 5.70. The molecule has 4 nitrogen and oxygen atoms in total. The zero-order valence-corrected chi connectivity index (χ0v) is 11.3. The van der Waals surface area contributed by atoms with E-state index in [9.17, 15) is 13.2 Å². The molecule has 0 spiro atoms. The number of halogens is 4. The van der Waals surface area contributed by atoms with Gasteiger partial charge >= 0.3 is 6.18 Å². The zero-order chi connectivity index (χ0) is 14.8. The molecule has 1 heterocycles.